The van der Waals surface area contributed by atoms with Crippen LogP contribution in [0.25, 0.3) is 0 Å². The van der Waals surface area contributed by atoms with Gasteiger partial charge >= 0.3 is 0 Å². The van der Waals surface area contributed by atoms with E-state index < -0.39 is 14.5 Å². The summed E-state index contributed by atoms with van der Waals surface area (Å²) >= 11 is 0. The second-order valence-electron chi connectivity index (χ2n) is 3.99. The van der Waals surface area contributed by atoms with Crippen LogP contribution >= 0.6 is 8.38 Å². The zero-order valence-electron chi connectivity index (χ0n) is 8.89. The molecule has 5 N–H and O–H groups in total. The lowest BCUT2D eigenvalue weighted by atomic mass is 9.93. The van der Waals surface area contributed by atoms with Gasteiger partial charge in [-0.05, 0) is 25.7 Å². The Balaban J connectivity index is 2.70. The van der Waals surface area contributed by atoms with Crippen molar-refractivity contribution in [2.45, 2.75) is 44.6 Å². The first kappa shape index (κ1) is 13.1. The number of aliphatic hydroxyl groups is 1. The summed E-state index contributed by atoms with van der Waals surface area (Å²) in [5, 5.41) is 10.1. The first-order chi connectivity index (χ1) is 7.15. The molecule has 1 rings (SSSR count). The number of aliphatic hydroxyl groups excluding tert-OH is 1. The van der Waals surface area contributed by atoms with Crippen molar-refractivity contribution in [2.75, 3.05) is 6.54 Å². The molecule has 0 heterocycles. The lowest BCUT2D eigenvalue weighted by molar-refractivity contribution is 0.184. The van der Waals surface area contributed by atoms with E-state index in [0.717, 1.165) is 31.3 Å². The van der Waals surface area contributed by atoms with Gasteiger partial charge in [0.1, 0.15) is 0 Å². The second kappa shape index (κ2) is 6.56. The van der Waals surface area contributed by atoms with Gasteiger partial charge in [0, 0.05) is 18.3 Å². The average molecular weight is 233 g/mol. The third-order valence-corrected chi connectivity index (χ3v) is 3.79. The van der Waals surface area contributed by atoms with E-state index in [-0.39, 0.29) is 6.54 Å². The molecule has 15 heavy (non-hydrogen) atoms. The fraction of sp³-hybridized carbons (Fsp3) is 0.800. The van der Waals surface area contributed by atoms with Gasteiger partial charge in [0.25, 0.3) is 0 Å². The monoisotopic (exact) mass is 233 g/mol. The van der Waals surface area contributed by atoms with Crippen LogP contribution in [0.3, 0.4) is 0 Å². The minimum Gasteiger partial charge on any atom is -0.391 e. The van der Waals surface area contributed by atoms with E-state index in [1.165, 1.54) is 6.42 Å². The van der Waals surface area contributed by atoms with Crippen LogP contribution in [0.5, 0.6) is 0 Å². The van der Waals surface area contributed by atoms with E-state index in [1.54, 1.807) is 0 Å². The fourth-order valence-electron chi connectivity index (χ4n) is 1.94. The zero-order chi connectivity index (χ0) is 11.3. The zero-order valence-corrected chi connectivity index (χ0v) is 9.79. The smallest absolute Gasteiger partial charge is 0.195 e. The fourth-order valence-corrected chi connectivity index (χ4v) is 2.82. The standard InChI is InChI=1S/C10H20NO3P/c11-7-9(12)6-10(15(13)14)8-4-2-1-3-5-8/h9,12-14H,1-7,11H2. The van der Waals surface area contributed by atoms with Crippen molar-refractivity contribution in [3.63, 3.8) is 0 Å². The van der Waals surface area contributed by atoms with Gasteiger partial charge in [-0.15, -0.1) is 0 Å². The molecule has 0 aromatic heterocycles. The van der Waals surface area contributed by atoms with Crippen molar-refractivity contribution in [3.8, 4) is 0 Å². The van der Waals surface area contributed by atoms with Crippen molar-refractivity contribution in [1.82, 2.24) is 0 Å². The van der Waals surface area contributed by atoms with Crippen molar-refractivity contribution in [3.05, 3.63) is 10.9 Å². The van der Waals surface area contributed by atoms with Crippen LogP contribution < -0.4 is 5.73 Å². The summed E-state index contributed by atoms with van der Waals surface area (Å²) in [6, 6.07) is 0. The third-order valence-electron chi connectivity index (χ3n) is 2.81. The van der Waals surface area contributed by atoms with Gasteiger partial charge in [0.2, 0.25) is 0 Å². The largest absolute Gasteiger partial charge is 0.391 e. The minimum atomic E-state index is -2.06. The molecule has 1 fully saturated rings. The Morgan fingerprint density at radius 2 is 1.87 bits per heavy atom. The third kappa shape index (κ3) is 4.17. The van der Waals surface area contributed by atoms with Gasteiger partial charge in [-0.3, -0.25) is 0 Å². The van der Waals surface area contributed by atoms with Crippen LogP contribution in [-0.2, 0) is 0 Å². The van der Waals surface area contributed by atoms with E-state index in [2.05, 4.69) is 0 Å². The highest BCUT2D eigenvalue weighted by Crippen LogP contribution is 2.44. The average Bonchev–Trinajstić information content (AvgIpc) is 2.26. The predicted octanol–water partition coefficient (Wildman–Crippen LogP) is 1.21. The Bertz CT molecular complexity index is 223. The van der Waals surface area contributed by atoms with Gasteiger partial charge in [0.05, 0.1) is 6.10 Å². The molecule has 0 aromatic rings. The van der Waals surface area contributed by atoms with Crippen molar-refractivity contribution >= 4 is 8.38 Å². The van der Waals surface area contributed by atoms with Crippen molar-refractivity contribution < 1.29 is 14.9 Å². The summed E-state index contributed by atoms with van der Waals surface area (Å²) in [7, 11) is -2.06. The number of allylic oxidation sites excluding steroid dienone is 1. The molecule has 5 heteroatoms. The number of nitrogens with two attached hydrogens (primary N) is 1. The van der Waals surface area contributed by atoms with E-state index in [4.69, 9.17) is 5.73 Å². The van der Waals surface area contributed by atoms with Crippen molar-refractivity contribution in [2.24, 2.45) is 5.73 Å². The molecule has 1 atom stereocenters. The Morgan fingerprint density at radius 3 is 2.33 bits per heavy atom. The van der Waals surface area contributed by atoms with Crippen molar-refractivity contribution in [1.29, 1.82) is 0 Å². The molecule has 0 spiro atoms. The maximum absolute atomic E-state index is 9.44. The number of hydrogen-bond acceptors (Lipinski definition) is 4. The van der Waals surface area contributed by atoms with Crippen LogP contribution in [0.4, 0.5) is 0 Å². The topological polar surface area (TPSA) is 86.7 Å². The first-order valence-corrected chi connectivity index (χ1v) is 6.66. The molecule has 0 amide bonds. The molecule has 1 unspecified atom stereocenters. The Kier molecular flexibility index (Phi) is 5.72. The van der Waals surface area contributed by atoms with E-state index in [1.807, 2.05) is 0 Å². The van der Waals surface area contributed by atoms with Crippen LogP contribution in [0.1, 0.15) is 38.5 Å². The van der Waals surface area contributed by atoms with Gasteiger partial charge < -0.3 is 20.6 Å². The maximum atomic E-state index is 9.44. The molecular weight excluding hydrogens is 213 g/mol. The molecule has 1 saturated carbocycles. The Hall–Kier alpha value is 0.01000. The van der Waals surface area contributed by atoms with Gasteiger partial charge in [-0.25, -0.2) is 0 Å². The Morgan fingerprint density at radius 1 is 1.27 bits per heavy atom. The van der Waals surface area contributed by atoms with E-state index in [9.17, 15) is 14.9 Å². The molecule has 4 nitrogen and oxygen atoms in total. The normalized spacial score (nSPS) is 19.4. The first-order valence-electron chi connectivity index (χ1n) is 5.42. The second-order valence-corrected chi connectivity index (χ2v) is 5.11. The molecule has 0 radical (unpaired) electrons. The number of rotatable bonds is 4. The maximum Gasteiger partial charge on any atom is 0.195 e. The van der Waals surface area contributed by atoms with E-state index in [0.29, 0.717) is 11.7 Å². The molecular formula is C10H20NO3P. The van der Waals surface area contributed by atoms with Crippen LogP contribution in [0.2, 0.25) is 0 Å². The molecule has 0 aromatic carbocycles. The number of hydrogen-bond donors (Lipinski definition) is 4. The van der Waals surface area contributed by atoms with Gasteiger partial charge in [0.15, 0.2) is 8.38 Å². The SMILES string of the molecule is NCC(O)CC(=C1CCCCC1)P(O)O. The highest BCUT2D eigenvalue weighted by molar-refractivity contribution is 7.50. The Labute approximate surface area is 91.7 Å². The minimum absolute atomic E-state index is 0.167. The van der Waals surface area contributed by atoms with Gasteiger partial charge in [-0.2, -0.15) is 0 Å². The molecule has 1 aliphatic rings. The predicted molar refractivity (Wildman–Crippen MR) is 61.1 cm³/mol. The van der Waals surface area contributed by atoms with Crippen LogP contribution in [-0.4, -0.2) is 27.5 Å². The van der Waals surface area contributed by atoms with Gasteiger partial charge in [-0.1, -0.05) is 12.0 Å². The lowest BCUT2D eigenvalue weighted by Gasteiger charge is -2.21. The highest BCUT2D eigenvalue weighted by Gasteiger charge is 2.19. The molecule has 1 aliphatic carbocycles. The van der Waals surface area contributed by atoms with E-state index >= 15 is 0 Å². The summed E-state index contributed by atoms with van der Waals surface area (Å²) in [5.74, 6) is 0. The summed E-state index contributed by atoms with van der Waals surface area (Å²) < 4.78 is 0. The summed E-state index contributed by atoms with van der Waals surface area (Å²) in [6.45, 7) is 0.167. The highest BCUT2D eigenvalue weighted by atomic mass is 31.2. The summed E-state index contributed by atoms with van der Waals surface area (Å²) in [6.07, 6.45) is 4.97. The summed E-state index contributed by atoms with van der Waals surface area (Å²) in [4.78, 5) is 18.6. The molecule has 0 aliphatic heterocycles. The molecule has 88 valence electrons. The quantitative estimate of drug-likeness (QED) is 0.550. The van der Waals surface area contributed by atoms with Crippen LogP contribution in [0, 0.1) is 0 Å². The van der Waals surface area contributed by atoms with Crippen LogP contribution in [0.15, 0.2) is 10.9 Å². The molecule has 0 bridgehead atoms. The molecule has 0 saturated heterocycles. The lowest BCUT2D eigenvalue weighted by Crippen LogP contribution is -2.20. The summed E-state index contributed by atoms with van der Waals surface area (Å²) in [5.41, 5.74) is 6.45.